The van der Waals surface area contributed by atoms with Crippen LogP contribution in [0.2, 0.25) is 5.02 Å². The van der Waals surface area contributed by atoms with Gasteiger partial charge in [-0.15, -0.1) is 11.3 Å². The molecule has 1 aromatic heterocycles. The SMILES string of the molecule is CC(C)(C(=O)O)c1csc(-c2ccc(Br)cc2Cl)n1. The van der Waals surface area contributed by atoms with Crippen molar-refractivity contribution in [1.82, 2.24) is 4.98 Å². The molecule has 0 spiro atoms. The predicted molar refractivity (Wildman–Crippen MR) is 80.9 cm³/mol. The van der Waals surface area contributed by atoms with Gasteiger partial charge in [-0.25, -0.2) is 4.98 Å². The van der Waals surface area contributed by atoms with Gasteiger partial charge in [0.05, 0.1) is 10.7 Å². The molecular weight excluding hydrogens is 350 g/mol. The van der Waals surface area contributed by atoms with Crippen LogP contribution < -0.4 is 0 Å². The van der Waals surface area contributed by atoms with Crippen molar-refractivity contribution < 1.29 is 9.90 Å². The van der Waals surface area contributed by atoms with Gasteiger partial charge in [0, 0.05) is 15.4 Å². The second-order valence-corrected chi connectivity index (χ2v) is 6.77. The van der Waals surface area contributed by atoms with E-state index in [0.29, 0.717) is 10.7 Å². The summed E-state index contributed by atoms with van der Waals surface area (Å²) in [5, 5.41) is 12.3. The summed E-state index contributed by atoms with van der Waals surface area (Å²) >= 11 is 10.9. The fourth-order valence-electron chi connectivity index (χ4n) is 1.46. The average Bonchev–Trinajstić information content (AvgIpc) is 2.78. The van der Waals surface area contributed by atoms with Crippen LogP contribution in [-0.4, -0.2) is 16.1 Å². The molecule has 0 aliphatic rings. The summed E-state index contributed by atoms with van der Waals surface area (Å²) in [5.74, 6) is -0.897. The number of hydrogen-bond donors (Lipinski definition) is 1. The molecule has 1 heterocycles. The zero-order valence-corrected chi connectivity index (χ0v) is 13.4. The summed E-state index contributed by atoms with van der Waals surface area (Å²) in [6, 6.07) is 5.54. The number of benzene rings is 1. The third kappa shape index (κ3) is 2.83. The molecule has 0 aliphatic carbocycles. The van der Waals surface area contributed by atoms with Crippen LogP contribution in [0.5, 0.6) is 0 Å². The van der Waals surface area contributed by atoms with E-state index in [4.69, 9.17) is 11.6 Å². The minimum atomic E-state index is -1.00. The van der Waals surface area contributed by atoms with E-state index in [-0.39, 0.29) is 0 Å². The standard InChI is InChI=1S/C13H11BrClNO2S/c1-13(2,12(17)18)10-6-19-11(16-10)8-4-3-7(14)5-9(8)15/h3-6H,1-2H3,(H,17,18). The molecule has 1 N–H and O–H groups in total. The first-order valence-corrected chi connectivity index (χ1v) is 7.52. The van der Waals surface area contributed by atoms with Gasteiger partial charge in [-0.2, -0.15) is 0 Å². The highest BCUT2D eigenvalue weighted by atomic mass is 79.9. The smallest absolute Gasteiger partial charge is 0.315 e. The average molecular weight is 361 g/mol. The molecule has 0 saturated heterocycles. The number of carbonyl (C=O) groups is 1. The maximum absolute atomic E-state index is 11.2. The van der Waals surface area contributed by atoms with E-state index in [2.05, 4.69) is 20.9 Å². The lowest BCUT2D eigenvalue weighted by Gasteiger charge is -2.15. The lowest BCUT2D eigenvalue weighted by molar-refractivity contribution is -0.142. The first kappa shape index (κ1) is 14.5. The van der Waals surface area contributed by atoms with Crippen LogP contribution in [0.1, 0.15) is 19.5 Å². The summed E-state index contributed by atoms with van der Waals surface area (Å²) in [4.78, 5) is 15.6. The van der Waals surface area contributed by atoms with Gasteiger partial charge < -0.3 is 5.11 Å². The topological polar surface area (TPSA) is 50.2 Å². The Balaban J connectivity index is 2.44. The van der Waals surface area contributed by atoms with E-state index >= 15 is 0 Å². The number of carboxylic acid groups (broad SMARTS) is 1. The highest BCUT2D eigenvalue weighted by Crippen LogP contribution is 2.35. The van der Waals surface area contributed by atoms with Gasteiger partial charge in [-0.3, -0.25) is 4.79 Å². The zero-order chi connectivity index (χ0) is 14.2. The molecule has 0 aliphatic heterocycles. The molecule has 0 unspecified atom stereocenters. The van der Waals surface area contributed by atoms with Crippen molar-refractivity contribution in [2.75, 3.05) is 0 Å². The highest BCUT2D eigenvalue weighted by Gasteiger charge is 2.32. The summed E-state index contributed by atoms with van der Waals surface area (Å²) in [6.07, 6.45) is 0. The quantitative estimate of drug-likeness (QED) is 0.871. The first-order chi connectivity index (χ1) is 8.82. The highest BCUT2D eigenvalue weighted by molar-refractivity contribution is 9.10. The Labute approximate surface area is 128 Å². The molecule has 0 saturated carbocycles. The molecule has 1 aromatic carbocycles. The number of nitrogens with zero attached hydrogens (tertiary/aromatic N) is 1. The van der Waals surface area contributed by atoms with Crippen LogP contribution in [-0.2, 0) is 10.2 Å². The Morgan fingerprint density at radius 3 is 2.74 bits per heavy atom. The molecule has 0 bridgehead atoms. The molecule has 2 rings (SSSR count). The Morgan fingerprint density at radius 1 is 1.47 bits per heavy atom. The molecule has 6 heteroatoms. The Hall–Kier alpha value is -0.910. The summed E-state index contributed by atoms with van der Waals surface area (Å²) in [6.45, 7) is 3.27. The second-order valence-electron chi connectivity index (χ2n) is 4.59. The van der Waals surface area contributed by atoms with Gasteiger partial charge in [-0.05, 0) is 32.0 Å². The monoisotopic (exact) mass is 359 g/mol. The number of halogens is 2. The lowest BCUT2D eigenvalue weighted by atomic mass is 9.90. The van der Waals surface area contributed by atoms with Crippen LogP contribution in [0.3, 0.4) is 0 Å². The van der Waals surface area contributed by atoms with Crippen LogP contribution in [0, 0.1) is 0 Å². The number of aliphatic carboxylic acids is 1. The molecule has 0 atom stereocenters. The van der Waals surface area contributed by atoms with E-state index < -0.39 is 11.4 Å². The molecule has 100 valence electrons. The number of aromatic nitrogens is 1. The van der Waals surface area contributed by atoms with Gasteiger partial charge in [0.1, 0.15) is 10.4 Å². The van der Waals surface area contributed by atoms with Crippen molar-refractivity contribution in [3.63, 3.8) is 0 Å². The first-order valence-electron chi connectivity index (χ1n) is 5.47. The Morgan fingerprint density at radius 2 is 2.16 bits per heavy atom. The van der Waals surface area contributed by atoms with Gasteiger partial charge in [0.25, 0.3) is 0 Å². The Kier molecular flexibility index (Phi) is 3.99. The summed E-state index contributed by atoms with van der Waals surface area (Å²) in [7, 11) is 0. The minimum Gasteiger partial charge on any atom is -0.481 e. The largest absolute Gasteiger partial charge is 0.481 e. The lowest BCUT2D eigenvalue weighted by Crippen LogP contribution is -2.28. The van der Waals surface area contributed by atoms with E-state index in [9.17, 15) is 9.90 Å². The van der Waals surface area contributed by atoms with Crippen LogP contribution >= 0.6 is 38.9 Å². The molecule has 0 amide bonds. The third-order valence-electron chi connectivity index (χ3n) is 2.84. The number of hydrogen-bond acceptors (Lipinski definition) is 3. The summed E-state index contributed by atoms with van der Waals surface area (Å²) in [5.41, 5.74) is 0.345. The fourth-order valence-corrected chi connectivity index (χ4v) is 3.30. The molecular formula is C13H11BrClNO2S. The Bertz CT molecular complexity index is 639. The molecule has 19 heavy (non-hydrogen) atoms. The normalized spacial score (nSPS) is 11.6. The second kappa shape index (κ2) is 5.23. The maximum atomic E-state index is 11.2. The van der Waals surface area contributed by atoms with Crippen LogP contribution in [0.4, 0.5) is 0 Å². The zero-order valence-electron chi connectivity index (χ0n) is 10.3. The minimum absolute atomic E-state index is 0.541. The van der Waals surface area contributed by atoms with Crippen molar-refractivity contribution in [1.29, 1.82) is 0 Å². The number of rotatable bonds is 3. The molecule has 3 nitrogen and oxygen atoms in total. The third-order valence-corrected chi connectivity index (χ3v) is 4.52. The van der Waals surface area contributed by atoms with Gasteiger partial charge in [0.15, 0.2) is 0 Å². The van der Waals surface area contributed by atoms with Crippen molar-refractivity contribution in [2.45, 2.75) is 19.3 Å². The van der Waals surface area contributed by atoms with Crippen LogP contribution in [0.15, 0.2) is 28.1 Å². The van der Waals surface area contributed by atoms with Crippen molar-refractivity contribution in [2.24, 2.45) is 0 Å². The van der Waals surface area contributed by atoms with E-state index in [1.807, 2.05) is 12.1 Å². The van der Waals surface area contributed by atoms with Crippen LogP contribution in [0.25, 0.3) is 10.6 Å². The number of thiazole rings is 1. The van der Waals surface area contributed by atoms with E-state index in [1.165, 1.54) is 11.3 Å². The van der Waals surface area contributed by atoms with E-state index in [1.54, 1.807) is 25.3 Å². The predicted octanol–water partition coefficient (Wildman–Crippen LogP) is 4.59. The maximum Gasteiger partial charge on any atom is 0.315 e. The van der Waals surface area contributed by atoms with Gasteiger partial charge >= 0.3 is 5.97 Å². The molecule has 0 fully saturated rings. The van der Waals surface area contributed by atoms with E-state index in [0.717, 1.165) is 15.0 Å². The fraction of sp³-hybridized carbons (Fsp3) is 0.231. The molecule has 2 aromatic rings. The van der Waals surface area contributed by atoms with Crippen molar-refractivity contribution >= 4 is 44.8 Å². The summed E-state index contributed by atoms with van der Waals surface area (Å²) < 4.78 is 0.892. The van der Waals surface area contributed by atoms with Crippen molar-refractivity contribution in [3.05, 3.63) is 38.8 Å². The van der Waals surface area contributed by atoms with Gasteiger partial charge in [-0.1, -0.05) is 27.5 Å². The molecule has 0 radical (unpaired) electrons. The van der Waals surface area contributed by atoms with Crippen molar-refractivity contribution in [3.8, 4) is 10.6 Å². The van der Waals surface area contributed by atoms with Gasteiger partial charge in [0.2, 0.25) is 0 Å². The number of carboxylic acids is 1.